The average Bonchev–Trinajstić information content (AvgIpc) is 3.27. The molecule has 1 atom stereocenters. The SMILES string of the molecule is Cc1cccc(NC(=O)N[C@@H]2N=C(C(C)C)c3ccccc3N(CC(=O)N3CC4CCC(CC4)C3)C2=O)c1. The number of fused-ring (bicyclic) bond motifs is 5. The number of carbonyl (C=O) groups is 3. The first kappa shape index (κ1) is 25.9. The number of benzodiazepines with no additional fused rings is 1. The first-order valence-corrected chi connectivity index (χ1v) is 13.7. The van der Waals surface area contributed by atoms with Gasteiger partial charge in [0.05, 0.1) is 5.69 Å². The number of benzene rings is 2. The summed E-state index contributed by atoms with van der Waals surface area (Å²) in [4.78, 5) is 48.7. The van der Waals surface area contributed by atoms with Crippen molar-refractivity contribution in [3.05, 3.63) is 59.7 Å². The van der Waals surface area contributed by atoms with Crippen LogP contribution in [0, 0.1) is 24.7 Å². The van der Waals surface area contributed by atoms with Gasteiger partial charge in [0, 0.05) is 30.1 Å². The van der Waals surface area contributed by atoms with E-state index < -0.39 is 18.1 Å². The Hall–Kier alpha value is -3.68. The third-order valence-corrected chi connectivity index (χ3v) is 7.90. The number of nitrogens with one attached hydrogen (secondary N) is 2. The van der Waals surface area contributed by atoms with Crippen LogP contribution in [0.25, 0.3) is 0 Å². The predicted molar refractivity (Wildman–Crippen MR) is 149 cm³/mol. The summed E-state index contributed by atoms with van der Waals surface area (Å²) in [6.07, 6.45) is 3.54. The molecule has 3 aliphatic heterocycles. The molecule has 6 rings (SSSR count). The second-order valence-corrected chi connectivity index (χ2v) is 11.2. The highest BCUT2D eigenvalue weighted by Gasteiger charge is 2.37. The lowest BCUT2D eigenvalue weighted by Crippen LogP contribution is -2.52. The first-order chi connectivity index (χ1) is 18.3. The van der Waals surface area contributed by atoms with Crippen molar-refractivity contribution in [3.8, 4) is 0 Å². The molecule has 1 saturated carbocycles. The molecule has 2 bridgehead atoms. The minimum absolute atomic E-state index is 0.00460. The third kappa shape index (κ3) is 5.59. The van der Waals surface area contributed by atoms with Crippen molar-refractivity contribution in [2.75, 3.05) is 29.9 Å². The maximum atomic E-state index is 14.0. The van der Waals surface area contributed by atoms with Crippen molar-refractivity contribution in [1.82, 2.24) is 10.2 Å². The molecule has 2 saturated heterocycles. The summed E-state index contributed by atoms with van der Waals surface area (Å²) in [5, 5.41) is 5.56. The number of aliphatic imine (C=N–C) groups is 1. The molecule has 2 N–H and O–H groups in total. The molecule has 0 radical (unpaired) electrons. The minimum Gasteiger partial charge on any atom is -0.341 e. The first-order valence-electron chi connectivity index (χ1n) is 13.7. The van der Waals surface area contributed by atoms with Crippen LogP contribution >= 0.6 is 0 Å². The van der Waals surface area contributed by atoms with Crippen LogP contribution in [-0.2, 0) is 9.59 Å². The number of amides is 4. The highest BCUT2D eigenvalue weighted by Crippen LogP contribution is 2.34. The molecule has 2 aromatic rings. The van der Waals surface area contributed by atoms with E-state index in [1.54, 1.807) is 6.07 Å². The Labute approximate surface area is 224 Å². The zero-order chi connectivity index (χ0) is 26.8. The Kier molecular flexibility index (Phi) is 7.49. The van der Waals surface area contributed by atoms with Crippen LogP contribution in [0.15, 0.2) is 53.5 Å². The fraction of sp³-hybridized carbons (Fsp3) is 0.467. The standard InChI is InChI=1S/C30H37N5O3/c1-19(2)27-24-9-4-5-10-25(24)35(18-26(36)34-16-21-11-12-22(17-34)14-13-21)29(37)28(32-27)33-30(38)31-23-8-6-7-20(3)15-23/h4-10,15,19,21-22,28H,11-14,16-18H2,1-3H3,(H2,31,33,38)/t21?,22?,28-/m0/s1. The Balaban J connectivity index is 1.42. The van der Waals surface area contributed by atoms with Gasteiger partial charge in [-0.05, 0) is 74.1 Å². The van der Waals surface area contributed by atoms with E-state index in [1.807, 2.05) is 68.1 Å². The van der Waals surface area contributed by atoms with Gasteiger partial charge in [0.15, 0.2) is 0 Å². The van der Waals surface area contributed by atoms with E-state index in [1.165, 1.54) is 30.6 Å². The number of urea groups is 1. The van der Waals surface area contributed by atoms with Crippen molar-refractivity contribution < 1.29 is 14.4 Å². The van der Waals surface area contributed by atoms with Crippen molar-refractivity contribution in [2.45, 2.75) is 52.6 Å². The lowest BCUT2D eigenvalue weighted by Gasteiger charge is -2.29. The van der Waals surface area contributed by atoms with Crippen molar-refractivity contribution in [2.24, 2.45) is 22.7 Å². The number of rotatable bonds is 5. The third-order valence-electron chi connectivity index (χ3n) is 7.90. The van der Waals surface area contributed by atoms with Gasteiger partial charge in [0.1, 0.15) is 6.54 Å². The largest absolute Gasteiger partial charge is 0.341 e. The molecular formula is C30H37N5O3. The molecule has 4 aliphatic rings. The topological polar surface area (TPSA) is 94.1 Å². The summed E-state index contributed by atoms with van der Waals surface area (Å²) >= 11 is 0. The van der Waals surface area contributed by atoms with Crippen LogP contribution < -0.4 is 15.5 Å². The van der Waals surface area contributed by atoms with Gasteiger partial charge in [-0.15, -0.1) is 0 Å². The maximum absolute atomic E-state index is 14.0. The molecule has 2 aromatic carbocycles. The van der Waals surface area contributed by atoms with Gasteiger partial charge in [-0.3, -0.25) is 19.5 Å². The monoisotopic (exact) mass is 515 g/mol. The number of carbonyl (C=O) groups excluding carboxylic acids is 3. The van der Waals surface area contributed by atoms with E-state index in [2.05, 4.69) is 10.6 Å². The highest BCUT2D eigenvalue weighted by atomic mass is 16.2. The summed E-state index contributed by atoms with van der Waals surface area (Å²) < 4.78 is 0. The number of hydrogen-bond donors (Lipinski definition) is 2. The number of nitrogens with zero attached hydrogens (tertiary/aromatic N) is 3. The summed E-state index contributed by atoms with van der Waals surface area (Å²) in [6, 6.07) is 14.5. The molecular weight excluding hydrogens is 478 g/mol. The van der Waals surface area contributed by atoms with Gasteiger partial charge in [0.25, 0.3) is 5.91 Å². The van der Waals surface area contributed by atoms with Crippen molar-refractivity contribution in [1.29, 1.82) is 0 Å². The zero-order valence-electron chi connectivity index (χ0n) is 22.4. The Morgan fingerprint density at radius 2 is 1.68 bits per heavy atom. The molecule has 200 valence electrons. The lowest BCUT2D eigenvalue weighted by atomic mass is 9.84. The van der Waals surface area contributed by atoms with Gasteiger partial charge in [-0.2, -0.15) is 0 Å². The van der Waals surface area contributed by atoms with Crippen LogP contribution in [0.2, 0.25) is 0 Å². The lowest BCUT2D eigenvalue weighted by molar-refractivity contribution is -0.132. The van der Waals surface area contributed by atoms with E-state index in [4.69, 9.17) is 4.99 Å². The Morgan fingerprint density at radius 3 is 2.34 bits per heavy atom. The molecule has 3 heterocycles. The maximum Gasteiger partial charge on any atom is 0.321 e. The van der Waals surface area contributed by atoms with Crippen molar-refractivity contribution >= 4 is 34.9 Å². The Bertz CT molecular complexity index is 1230. The van der Waals surface area contributed by atoms with Crippen LogP contribution in [0.3, 0.4) is 0 Å². The van der Waals surface area contributed by atoms with Crippen LogP contribution in [0.4, 0.5) is 16.2 Å². The number of para-hydroxylation sites is 1. The van der Waals surface area contributed by atoms with Gasteiger partial charge in [0.2, 0.25) is 12.1 Å². The summed E-state index contributed by atoms with van der Waals surface area (Å²) in [6.45, 7) is 7.41. The zero-order valence-corrected chi connectivity index (χ0v) is 22.4. The minimum atomic E-state index is -1.15. The van der Waals surface area contributed by atoms with Gasteiger partial charge in [-0.25, -0.2) is 4.79 Å². The smallest absolute Gasteiger partial charge is 0.321 e. The molecule has 38 heavy (non-hydrogen) atoms. The summed E-state index contributed by atoms with van der Waals surface area (Å²) in [7, 11) is 0. The normalized spacial score (nSPS) is 22.9. The van der Waals surface area contributed by atoms with Gasteiger partial charge in [-0.1, -0.05) is 44.2 Å². The van der Waals surface area contributed by atoms with Gasteiger partial charge >= 0.3 is 6.03 Å². The second kappa shape index (κ2) is 11.0. The molecule has 1 aliphatic carbocycles. The summed E-state index contributed by atoms with van der Waals surface area (Å²) in [5.74, 6) is 0.618. The molecule has 4 amide bonds. The molecule has 0 unspecified atom stereocenters. The highest BCUT2D eigenvalue weighted by molar-refractivity contribution is 6.15. The molecule has 8 nitrogen and oxygen atoms in total. The molecule has 0 aromatic heterocycles. The van der Waals surface area contributed by atoms with Crippen LogP contribution in [-0.4, -0.2) is 54.3 Å². The van der Waals surface area contributed by atoms with Crippen LogP contribution in [0.5, 0.6) is 0 Å². The molecule has 3 fully saturated rings. The van der Waals surface area contributed by atoms with E-state index in [9.17, 15) is 14.4 Å². The fourth-order valence-corrected chi connectivity index (χ4v) is 5.92. The van der Waals surface area contributed by atoms with E-state index >= 15 is 0 Å². The van der Waals surface area contributed by atoms with E-state index in [0.717, 1.165) is 29.9 Å². The van der Waals surface area contributed by atoms with E-state index in [-0.39, 0.29) is 18.4 Å². The number of aryl methyl sites for hydroxylation is 1. The fourth-order valence-electron chi connectivity index (χ4n) is 5.92. The van der Waals surface area contributed by atoms with E-state index in [0.29, 0.717) is 23.2 Å². The quantitative estimate of drug-likeness (QED) is 0.610. The number of anilines is 2. The van der Waals surface area contributed by atoms with Gasteiger partial charge < -0.3 is 15.5 Å². The second-order valence-electron chi connectivity index (χ2n) is 11.2. The average molecular weight is 516 g/mol. The number of hydrogen-bond acceptors (Lipinski definition) is 4. The Morgan fingerprint density at radius 1 is 1.00 bits per heavy atom. The summed E-state index contributed by atoms with van der Waals surface area (Å²) in [5.41, 5.74) is 3.82. The van der Waals surface area contributed by atoms with Crippen LogP contribution in [0.1, 0.15) is 50.7 Å². The van der Waals surface area contributed by atoms with Crippen molar-refractivity contribution in [3.63, 3.8) is 0 Å². The molecule has 0 spiro atoms. The predicted octanol–water partition coefficient (Wildman–Crippen LogP) is 4.58. The molecule has 8 heteroatoms.